The lowest BCUT2D eigenvalue weighted by molar-refractivity contribution is -0.0644. The van der Waals surface area contributed by atoms with Gasteiger partial charge in [-0.2, -0.15) is 0 Å². The zero-order valence-corrected chi connectivity index (χ0v) is 13.8. The van der Waals surface area contributed by atoms with Gasteiger partial charge in [-0.15, -0.1) is 6.42 Å². The van der Waals surface area contributed by atoms with Gasteiger partial charge in [0, 0.05) is 5.41 Å². The van der Waals surface area contributed by atoms with E-state index in [-0.39, 0.29) is 5.41 Å². The van der Waals surface area contributed by atoms with Crippen LogP contribution in [0.4, 0.5) is 0 Å². The Morgan fingerprint density at radius 3 is 2.95 bits per heavy atom. The number of aliphatic hydroxyl groups is 1. The fraction of sp³-hybridized carbons (Fsp3) is 0.714. The van der Waals surface area contributed by atoms with Crippen LogP contribution >= 0.6 is 0 Å². The minimum absolute atomic E-state index is 0.157. The number of rotatable bonds is 0. The number of hydrogen-bond acceptors (Lipinski definition) is 1. The van der Waals surface area contributed by atoms with E-state index >= 15 is 0 Å². The molecule has 0 aliphatic heterocycles. The molecule has 1 N–H and O–H groups in total. The molecule has 0 radical (unpaired) electrons. The molecule has 0 saturated heterocycles. The van der Waals surface area contributed by atoms with Gasteiger partial charge in [0.15, 0.2) is 0 Å². The highest BCUT2D eigenvalue weighted by molar-refractivity contribution is 5.31. The van der Waals surface area contributed by atoms with Gasteiger partial charge in [0.1, 0.15) is 5.60 Å². The van der Waals surface area contributed by atoms with Crippen LogP contribution in [-0.4, -0.2) is 10.7 Å². The van der Waals surface area contributed by atoms with Crippen molar-refractivity contribution in [3.05, 3.63) is 23.8 Å². The van der Waals surface area contributed by atoms with Gasteiger partial charge in [0.25, 0.3) is 0 Å². The van der Waals surface area contributed by atoms with Crippen LogP contribution in [0.15, 0.2) is 23.8 Å². The molecule has 4 aliphatic carbocycles. The molecule has 0 aromatic heterocycles. The van der Waals surface area contributed by atoms with Gasteiger partial charge in [-0.3, -0.25) is 0 Å². The Morgan fingerprint density at radius 1 is 1.36 bits per heavy atom. The quantitative estimate of drug-likeness (QED) is 0.516. The molecule has 1 nitrogen and oxygen atoms in total. The summed E-state index contributed by atoms with van der Waals surface area (Å²) in [6.07, 6.45) is 17.5. The number of terminal acetylenes is 1. The number of fused-ring (bicyclic) bond motifs is 5. The molecule has 0 aromatic carbocycles. The average molecular weight is 296 g/mol. The molecule has 22 heavy (non-hydrogen) atoms. The molecule has 118 valence electrons. The van der Waals surface area contributed by atoms with E-state index in [2.05, 4.69) is 25.5 Å². The molecule has 0 spiro atoms. The summed E-state index contributed by atoms with van der Waals surface area (Å²) in [6, 6.07) is 0. The van der Waals surface area contributed by atoms with Gasteiger partial charge >= 0.3 is 0 Å². The van der Waals surface area contributed by atoms with Crippen LogP contribution in [0.2, 0.25) is 0 Å². The summed E-state index contributed by atoms with van der Waals surface area (Å²) in [4.78, 5) is 0. The van der Waals surface area contributed by atoms with Crippen LogP contribution in [0.3, 0.4) is 0 Å². The van der Waals surface area contributed by atoms with Crippen molar-refractivity contribution in [3.63, 3.8) is 0 Å². The highest BCUT2D eigenvalue weighted by Crippen LogP contribution is 2.65. The first-order valence-corrected chi connectivity index (χ1v) is 9.07. The van der Waals surface area contributed by atoms with Crippen molar-refractivity contribution in [1.29, 1.82) is 0 Å². The standard InChI is InChI=1S/C21H28O/c1-4-21(22)12-11-18-17-10-9-15-7-5-6-8-16(15)19(17)14(2)13-20(18,21)3/h1,7,16-19,22H,2,5-6,8-13H2,3H3. The number of hydrogen-bond donors (Lipinski definition) is 1. The average Bonchev–Trinajstić information content (AvgIpc) is 2.79. The van der Waals surface area contributed by atoms with Gasteiger partial charge in [0.2, 0.25) is 0 Å². The molecule has 0 aromatic rings. The summed E-state index contributed by atoms with van der Waals surface area (Å²) in [5.41, 5.74) is 2.00. The lowest BCUT2D eigenvalue weighted by atomic mass is 9.49. The Morgan fingerprint density at radius 2 is 2.18 bits per heavy atom. The Labute approximate surface area is 134 Å². The highest BCUT2D eigenvalue weighted by Gasteiger charge is 2.62. The third-order valence-electron chi connectivity index (χ3n) is 7.66. The predicted molar refractivity (Wildman–Crippen MR) is 90.0 cm³/mol. The van der Waals surface area contributed by atoms with Crippen molar-refractivity contribution in [2.45, 2.75) is 63.9 Å². The van der Waals surface area contributed by atoms with E-state index in [1.807, 2.05) is 0 Å². The van der Waals surface area contributed by atoms with Crippen LogP contribution in [0.1, 0.15) is 58.3 Å². The first-order chi connectivity index (χ1) is 10.5. The second-order valence-corrected chi connectivity index (χ2v) is 8.45. The molecule has 4 rings (SSSR count). The molecule has 6 atom stereocenters. The van der Waals surface area contributed by atoms with E-state index in [4.69, 9.17) is 6.42 Å². The lowest BCUT2D eigenvalue weighted by Crippen LogP contribution is -2.52. The minimum atomic E-state index is -0.922. The van der Waals surface area contributed by atoms with Crippen LogP contribution in [0.5, 0.6) is 0 Å². The maximum absolute atomic E-state index is 11.0. The monoisotopic (exact) mass is 296 g/mol. The summed E-state index contributed by atoms with van der Waals surface area (Å²) < 4.78 is 0. The summed E-state index contributed by atoms with van der Waals surface area (Å²) in [6.45, 7) is 6.72. The fourth-order valence-corrected chi connectivity index (χ4v) is 6.58. The zero-order chi connectivity index (χ0) is 15.5. The summed E-state index contributed by atoms with van der Waals surface area (Å²) >= 11 is 0. The van der Waals surface area contributed by atoms with E-state index < -0.39 is 5.60 Å². The van der Waals surface area contributed by atoms with Gasteiger partial charge in [-0.05, 0) is 75.0 Å². The molecule has 3 saturated carbocycles. The van der Waals surface area contributed by atoms with E-state index in [1.165, 1.54) is 37.7 Å². The third kappa shape index (κ3) is 1.71. The Bertz CT molecular complexity index is 579. The maximum Gasteiger partial charge on any atom is 0.131 e. The molecule has 0 bridgehead atoms. The minimum Gasteiger partial charge on any atom is -0.377 e. The molecular weight excluding hydrogens is 268 g/mol. The van der Waals surface area contributed by atoms with E-state index in [0.29, 0.717) is 17.8 Å². The van der Waals surface area contributed by atoms with E-state index in [1.54, 1.807) is 5.57 Å². The normalized spacial score (nSPS) is 50.4. The molecule has 0 heterocycles. The van der Waals surface area contributed by atoms with Crippen molar-refractivity contribution >= 4 is 0 Å². The zero-order valence-electron chi connectivity index (χ0n) is 13.8. The molecule has 1 heteroatoms. The van der Waals surface area contributed by atoms with Crippen LogP contribution in [0, 0.1) is 41.4 Å². The number of allylic oxidation sites excluding steroid dienone is 3. The van der Waals surface area contributed by atoms with Crippen LogP contribution in [-0.2, 0) is 0 Å². The molecule has 0 amide bonds. The highest BCUT2D eigenvalue weighted by atomic mass is 16.3. The van der Waals surface area contributed by atoms with Gasteiger partial charge in [-0.25, -0.2) is 0 Å². The van der Waals surface area contributed by atoms with Crippen LogP contribution < -0.4 is 0 Å². The second-order valence-electron chi connectivity index (χ2n) is 8.45. The van der Waals surface area contributed by atoms with Gasteiger partial charge in [0.05, 0.1) is 0 Å². The molecule has 3 fully saturated rings. The summed E-state index contributed by atoms with van der Waals surface area (Å²) in [7, 11) is 0. The second kappa shape index (κ2) is 4.75. The van der Waals surface area contributed by atoms with Crippen molar-refractivity contribution in [2.75, 3.05) is 0 Å². The summed E-state index contributed by atoms with van der Waals surface area (Å²) in [5.74, 6) is 5.41. The van der Waals surface area contributed by atoms with Crippen molar-refractivity contribution in [1.82, 2.24) is 0 Å². The van der Waals surface area contributed by atoms with Crippen molar-refractivity contribution < 1.29 is 5.11 Å². The Kier molecular flexibility index (Phi) is 3.15. The van der Waals surface area contributed by atoms with E-state index in [9.17, 15) is 5.11 Å². The first-order valence-electron chi connectivity index (χ1n) is 9.07. The lowest BCUT2D eigenvalue weighted by Gasteiger charge is -2.55. The third-order valence-corrected chi connectivity index (χ3v) is 7.66. The SMILES string of the molecule is C#CC1(O)CCC2C3CCC4=CCCCC4C3C(=C)CC21C. The first kappa shape index (κ1) is 14.6. The smallest absolute Gasteiger partial charge is 0.131 e. The maximum atomic E-state index is 11.0. The van der Waals surface area contributed by atoms with Crippen molar-refractivity contribution in [3.8, 4) is 12.3 Å². The predicted octanol–water partition coefficient (Wildman–Crippen LogP) is 4.48. The largest absolute Gasteiger partial charge is 0.377 e. The molecular formula is C21H28O. The Balaban J connectivity index is 1.72. The van der Waals surface area contributed by atoms with Crippen molar-refractivity contribution in [2.24, 2.45) is 29.1 Å². The fourth-order valence-electron chi connectivity index (χ4n) is 6.58. The molecule has 6 unspecified atom stereocenters. The Hall–Kier alpha value is -1.00. The molecule has 4 aliphatic rings. The van der Waals surface area contributed by atoms with Gasteiger partial charge in [-0.1, -0.05) is 36.6 Å². The van der Waals surface area contributed by atoms with Crippen LogP contribution in [0.25, 0.3) is 0 Å². The summed E-state index contributed by atoms with van der Waals surface area (Å²) in [5, 5.41) is 11.0. The van der Waals surface area contributed by atoms with Gasteiger partial charge < -0.3 is 5.11 Å². The van der Waals surface area contributed by atoms with E-state index in [0.717, 1.165) is 25.2 Å². The topological polar surface area (TPSA) is 20.2 Å².